The van der Waals surface area contributed by atoms with Crippen molar-refractivity contribution in [1.29, 1.82) is 0 Å². The second-order valence-corrected chi connectivity index (χ2v) is 5.36. The van der Waals surface area contributed by atoms with Gasteiger partial charge in [-0.3, -0.25) is 0 Å². The van der Waals surface area contributed by atoms with Gasteiger partial charge in [0.1, 0.15) is 6.54 Å². The summed E-state index contributed by atoms with van der Waals surface area (Å²) in [6.07, 6.45) is 15.7. The van der Waals surface area contributed by atoms with Gasteiger partial charge in [-0.15, -0.1) is 0 Å². The molecule has 0 amide bonds. The molecule has 0 aliphatic rings. The van der Waals surface area contributed by atoms with Gasteiger partial charge in [0, 0.05) is 24.7 Å². The van der Waals surface area contributed by atoms with E-state index >= 15 is 0 Å². The van der Waals surface area contributed by atoms with Crippen LogP contribution in [0.2, 0.25) is 0 Å². The molecular formula is C17H30ClNO. The van der Waals surface area contributed by atoms with Crippen molar-refractivity contribution >= 4 is 0 Å². The first-order chi connectivity index (χ1) is 9.36. The fourth-order valence-corrected chi connectivity index (χ4v) is 2.39. The highest BCUT2D eigenvalue weighted by Crippen LogP contribution is 2.08. The molecule has 0 atom stereocenters. The molecule has 0 spiro atoms. The monoisotopic (exact) mass is 299 g/mol. The van der Waals surface area contributed by atoms with Crippen molar-refractivity contribution in [2.45, 2.75) is 71.3 Å². The molecule has 1 N–H and O–H groups in total. The zero-order valence-corrected chi connectivity index (χ0v) is 13.6. The zero-order valence-electron chi connectivity index (χ0n) is 12.9. The molecule has 1 heterocycles. The maximum Gasteiger partial charge on any atom is 0.171 e. The van der Waals surface area contributed by atoms with Crippen LogP contribution in [0.15, 0.2) is 24.5 Å². The van der Waals surface area contributed by atoms with E-state index in [-0.39, 0.29) is 12.4 Å². The van der Waals surface area contributed by atoms with E-state index in [1.54, 1.807) is 0 Å². The number of nitrogens with zero attached hydrogens (tertiary/aromatic N) is 1. The smallest absolute Gasteiger partial charge is 0.171 e. The van der Waals surface area contributed by atoms with Crippen LogP contribution >= 0.6 is 0 Å². The Balaban J connectivity index is 0.00000361. The molecule has 0 fully saturated rings. The number of aryl methyl sites for hydroxylation is 2. The van der Waals surface area contributed by atoms with Crippen molar-refractivity contribution in [3.05, 3.63) is 30.1 Å². The highest BCUT2D eigenvalue weighted by Gasteiger charge is 2.01. The standard InChI is InChI=1S/C17H30NO.ClH/c1-2-17-12-11-14-18(16-17)13-9-7-5-3-4-6-8-10-15-19;/h11-12,14,16,19H,2-10,13,15H2,1H3;1H/q+1;/p-1. The highest BCUT2D eigenvalue weighted by atomic mass is 35.5. The number of aliphatic hydroxyl groups is 1. The molecule has 0 saturated heterocycles. The Morgan fingerprint density at radius 3 is 2.15 bits per heavy atom. The van der Waals surface area contributed by atoms with Gasteiger partial charge in [-0.25, -0.2) is 4.57 Å². The van der Waals surface area contributed by atoms with Gasteiger partial charge >= 0.3 is 0 Å². The minimum Gasteiger partial charge on any atom is -1.00 e. The second-order valence-electron chi connectivity index (χ2n) is 5.36. The van der Waals surface area contributed by atoms with Crippen LogP contribution in [0.5, 0.6) is 0 Å². The van der Waals surface area contributed by atoms with Crippen molar-refractivity contribution in [3.63, 3.8) is 0 Å². The first-order valence-electron chi connectivity index (χ1n) is 7.95. The summed E-state index contributed by atoms with van der Waals surface area (Å²) >= 11 is 0. The number of hydrogen-bond donors (Lipinski definition) is 1. The Hall–Kier alpha value is -0.600. The zero-order chi connectivity index (χ0) is 13.8. The molecule has 0 aromatic carbocycles. The third-order valence-electron chi connectivity index (χ3n) is 3.65. The van der Waals surface area contributed by atoms with Crippen LogP contribution in [0.4, 0.5) is 0 Å². The van der Waals surface area contributed by atoms with Crippen molar-refractivity contribution < 1.29 is 22.1 Å². The van der Waals surface area contributed by atoms with Gasteiger partial charge in [0.15, 0.2) is 12.4 Å². The molecule has 3 heteroatoms. The van der Waals surface area contributed by atoms with Crippen molar-refractivity contribution in [2.75, 3.05) is 6.61 Å². The molecule has 0 unspecified atom stereocenters. The number of aromatic nitrogens is 1. The Labute approximate surface area is 130 Å². The molecule has 0 aliphatic heterocycles. The Kier molecular flexibility index (Phi) is 13.0. The lowest BCUT2D eigenvalue weighted by Gasteiger charge is -2.01. The normalized spacial score (nSPS) is 10.3. The van der Waals surface area contributed by atoms with E-state index in [9.17, 15) is 0 Å². The summed E-state index contributed by atoms with van der Waals surface area (Å²) in [6, 6.07) is 4.35. The predicted molar refractivity (Wildman–Crippen MR) is 80.0 cm³/mol. The summed E-state index contributed by atoms with van der Waals surface area (Å²) in [5, 5.41) is 8.68. The predicted octanol–water partition coefficient (Wildman–Crippen LogP) is 0.654. The van der Waals surface area contributed by atoms with Crippen molar-refractivity contribution in [2.24, 2.45) is 0 Å². The van der Waals surface area contributed by atoms with Crippen LogP contribution in [0, 0.1) is 0 Å². The minimum absolute atomic E-state index is 0. The number of rotatable bonds is 11. The first kappa shape index (κ1) is 19.4. The van der Waals surface area contributed by atoms with Gasteiger partial charge in [0.25, 0.3) is 0 Å². The summed E-state index contributed by atoms with van der Waals surface area (Å²) in [6.45, 7) is 3.71. The topological polar surface area (TPSA) is 24.1 Å². The fraction of sp³-hybridized carbons (Fsp3) is 0.706. The third-order valence-corrected chi connectivity index (χ3v) is 3.65. The minimum atomic E-state index is 0. The van der Waals surface area contributed by atoms with Gasteiger partial charge in [-0.1, -0.05) is 39.0 Å². The van der Waals surface area contributed by atoms with Crippen molar-refractivity contribution in [3.8, 4) is 0 Å². The number of aliphatic hydroxyl groups excluding tert-OH is 1. The average Bonchev–Trinajstić information content (AvgIpc) is 2.46. The molecule has 1 aromatic rings. The van der Waals surface area contributed by atoms with Crippen molar-refractivity contribution in [1.82, 2.24) is 0 Å². The van der Waals surface area contributed by atoms with Crippen LogP contribution in [0.3, 0.4) is 0 Å². The molecule has 1 aromatic heterocycles. The molecule has 0 bridgehead atoms. The van der Waals surface area contributed by atoms with E-state index < -0.39 is 0 Å². The Morgan fingerprint density at radius 1 is 0.950 bits per heavy atom. The summed E-state index contributed by atoms with van der Waals surface area (Å²) in [5.74, 6) is 0. The van der Waals surface area contributed by atoms with E-state index in [1.165, 1.54) is 50.5 Å². The van der Waals surface area contributed by atoms with E-state index in [4.69, 9.17) is 5.11 Å². The second kappa shape index (κ2) is 13.4. The van der Waals surface area contributed by atoms with Gasteiger partial charge < -0.3 is 17.5 Å². The molecule has 116 valence electrons. The summed E-state index contributed by atoms with van der Waals surface area (Å²) in [7, 11) is 0. The summed E-state index contributed by atoms with van der Waals surface area (Å²) in [5.41, 5.74) is 1.42. The molecular weight excluding hydrogens is 270 g/mol. The van der Waals surface area contributed by atoms with E-state index in [1.807, 2.05) is 0 Å². The van der Waals surface area contributed by atoms with Crippen LogP contribution < -0.4 is 17.0 Å². The number of halogens is 1. The number of pyridine rings is 1. The lowest BCUT2D eigenvalue weighted by Crippen LogP contribution is -3.00. The number of hydrogen-bond acceptors (Lipinski definition) is 1. The van der Waals surface area contributed by atoms with Gasteiger partial charge in [0.05, 0.1) is 0 Å². The van der Waals surface area contributed by atoms with E-state index in [0.717, 1.165) is 19.4 Å². The maximum absolute atomic E-state index is 8.68. The van der Waals surface area contributed by atoms with E-state index in [0.29, 0.717) is 6.61 Å². The summed E-state index contributed by atoms with van der Waals surface area (Å²) < 4.78 is 2.32. The van der Waals surface area contributed by atoms with Crippen LogP contribution in [0.1, 0.15) is 63.9 Å². The Bertz CT molecular complexity index is 331. The molecule has 0 radical (unpaired) electrons. The average molecular weight is 300 g/mol. The molecule has 0 aliphatic carbocycles. The fourth-order valence-electron chi connectivity index (χ4n) is 2.39. The molecule has 0 saturated carbocycles. The molecule has 2 nitrogen and oxygen atoms in total. The lowest BCUT2D eigenvalue weighted by molar-refractivity contribution is -0.697. The first-order valence-corrected chi connectivity index (χ1v) is 7.95. The SMILES string of the molecule is CCc1ccc[n+](CCCCCCCCCCO)c1.[Cl-]. The Morgan fingerprint density at radius 2 is 1.55 bits per heavy atom. The molecule has 1 rings (SSSR count). The van der Waals surface area contributed by atoms with Crippen LogP contribution in [-0.2, 0) is 13.0 Å². The third kappa shape index (κ3) is 9.33. The highest BCUT2D eigenvalue weighted by molar-refractivity contribution is 5.04. The van der Waals surface area contributed by atoms with Gasteiger partial charge in [-0.2, -0.15) is 0 Å². The molecule has 20 heavy (non-hydrogen) atoms. The maximum atomic E-state index is 8.68. The van der Waals surface area contributed by atoms with Crippen LogP contribution in [-0.4, -0.2) is 11.7 Å². The summed E-state index contributed by atoms with van der Waals surface area (Å²) in [4.78, 5) is 0. The van der Waals surface area contributed by atoms with E-state index in [2.05, 4.69) is 36.0 Å². The van der Waals surface area contributed by atoms with Crippen LogP contribution in [0.25, 0.3) is 0 Å². The largest absolute Gasteiger partial charge is 1.00 e. The lowest BCUT2D eigenvalue weighted by atomic mass is 10.1. The van der Waals surface area contributed by atoms with Gasteiger partial charge in [-0.05, 0) is 25.3 Å². The van der Waals surface area contributed by atoms with Gasteiger partial charge in [0.2, 0.25) is 0 Å². The quantitative estimate of drug-likeness (QED) is 0.471. The number of unbranched alkanes of at least 4 members (excludes halogenated alkanes) is 7.